The molecule has 0 rings (SSSR count). The van der Waals surface area contributed by atoms with Gasteiger partial charge in [0.25, 0.3) is 0 Å². The number of amides is 1. The molecule has 0 aromatic heterocycles. The molecular weight excluding hydrogens is 250 g/mol. The Morgan fingerprint density at radius 1 is 1.39 bits per heavy atom. The first-order valence-corrected chi connectivity index (χ1v) is 7.11. The molecule has 6 heteroatoms. The minimum atomic E-state index is -0.532. The Bertz CT molecular complexity index is 286. The van der Waals surface area contributed by atoms with Crippen LogP contribution in [0.2, 0.25) is 0 Å². The molecule has 0 aliphatic rings. The third-order valence-corrected chi connectivity index (χ3v) is 3.18. The molecule has 0 unspecified atom stereocenters. The van der Waals surface area contributed by atoms with E-state index in [2.05, 4.69) is 36.1 Å². The van der Waals surface area contributed by atoms with Crippen molar-refractivity contribution in [3.05, 3.63) is 0 Å². The molecule has 0 saturated carbocycles. The van der Waals surface area contributed by atoms with Gasteiger partial charge in [-0.05, 0) is 14.1 Å². The van der Waals surface area contributed by atoms with E-state index in [0.717, 1.165) is 23.8 Å². The first kappa shape index (κ1) is 17.2. The van der Waals surface area contributed by atoms with Crippen molar-refractivity contribution in [3.8, 4) is 0 Å². The predicted molar refractivity (Wildman–Crippen MR) is 78.3 cm³/mol. The molecule has 0 atom stereocenters. The van der Waals surface area contributed by atoms with Crippen molar-refractivity contribution in [2.24, 2.45) is 10.6 Å². The molecule has 0 bridgehead atoms. The minimum absolute atomic E-state index is 0.0981. The smallest absolute Gasteiger partial charge is 0.323 e. The highest BCUT2D eigenvalue weighted by atomic mass is 32.2. The standard InChI is InChI=1S/C12H25N3O2S/c1-12(2,3)10(14-17-11(16)13-4)9-18-8-7-15(5)6/h7-9H2,1-6H3,(H,13,16). The second-order valence-electron chi connectivity index (χ2n) is 5.27. The number of carbonyl (C=O) groups excluding carboxylic acids is 1. The van der Waals surface area contributed by atoms with E-state index in [4.69, 9.17) is 4.84 Å². The van der Waals surface area contributed by atoms with Crippen molar-refractivity contribution in [3.63, 3.8) is 0 Å². The van der Waals surface area contributed by atoms with E-state index >= 15 is 0 Å². The van der Waals surface area contributed by atoms with Crippen LogP contribution in [0.1, 0.15) is 20.8 Å². The number of rotatable bonds is 6. The van der Waals surface area contributed by atoms with Crippen LogP contribution >= 0.6 is 11.8 Å². The molecule has 1 amide bonds. The van der Waals surface area contributed by atoms with Gasteiger partial charge in [-0.3, -0.25) is 4.84 Å². The van der Waals surface area contributed by atoms with Crippen LogP contribution in [-0.2, 0) is 4.84 Å². The zero-order valence-corrected chi connectivity index (χ0v) is 13.1. The third-order valence-electron chi connectivity index (χ3n) is 2.23. The molecular formula is C12H25N3O2S. The molecule has 0 aliphatic heterocycles. The number of carbonyl (C=O) groups is 1. The van der Waals surface area contributed by atoms with Crippen molar-refractivity contribution in [2.75, 3.05) is 39.2 Å². The van der Waals surface area contributed by atoms with Crippen LogP contribution in [0.4, 0.5) is 4.79 Å². The van der Waals surface area contributed by atoms with E-state index in [1.165, 1.54) is 7.05 Å². The molecule has 0 fully saturated rings. The van der Waals surface area contributed by atoms with Gasteiger partial charge in [-0.15, -0.1) is 0 Å². The molecule has 0 radical (unpaired) electrons. The van der Waals surface area contributed by atoms with Gasteiger partial charge in [0.1, 0.15) is 0 Å². The third kappa shape index (κ3) is 8.36. The molecule has 0 heterocycles. The van der Waals surface area contributed by atoms with Crippen molar-refractivity contribution in [1.82, 2.24) is 10.2 Å². The second kappa shape index (κ2) is 8.37. The Kier molecular flexibility index (Phi) is 8.02. The molecule has 0 spiro atoms. The summed E-state index contributed by atoms with van der Waals surface area (Å²) in [6.45, 7) is 7.21. The molecule has 0 aromatic rings. The predicted octanol–water partition coefficient (Wildman–Crippen LogP) is 2.04. The maximum absolute atomic E-state index is 11.0. The lowest BCUT2D eigenvalue weighted by molar-refractivity contribution is 0.152. The van der Waals surface area contributed by atoms with Crippen LogP contribution < -0.4 is 5.32 Å². The van der Waals surface area contributed by atoms with Crippen LogP contribution in [0.3, 0.4) is 0 Å². The van der Waals surface area contributed by atoms with E-state index in [-0.39, 0.29) is 5.41 Å². The summed E-state index contributed by atoms with van der Waals surface area (Å²) in [5.74, 6) is 1.80. The molecule has 1 N–H and O–H groups in total. The molecule has 5 nitrogen and oxygen atoms in total. The monoisotopic (exact) mass is 275 g/mol. The largest absolute Gasteiger partial charge is 0.433 e. The highest BCUT2D eigenvalue weighted by Crippen LogP contribution is 2.19. The first-order chi connectivity index (χ1) is 8.27. The Morgan fingerprint density at radius 2 is 2.00 bits per heavy atom. The van der Waals surface area contributed by atoms with Crippen LogP contribution in [0, 0.1) is 5.41 Å². The second-order valence-corrected chi connectivity index (χ2v) is 6.38. The maximum Gasteiger partial charge on any atom is 0.433 e. The normalized spacial score (nSPS) is 12.7. The number of nitrogens with one attached hydrogen (secondary N) is 1. The lowest BCUT2D eigenvalue weighted by Crippen LogP contribution is -2.26. The van der Waals surface area contributed by atoms with Crippen molar-refractivity contribution >= 4 is 23.6 Å². The average Bonchev–Trinajstić information content (AvgIpc) is 2.25. The SMILES string of the molecule is CNC(=O)ON=C(CSCCN(C)C)C(C)(C)C. The zero-order valence-electron chi connectivity index (χ0n) is 12.2. The average molecular weight is 275 g/mol. The van der Waals surface area contributed by atoms with Gasteiger partial charge in [0.2, 0.25) is 0 Å². The maximum atomic E-state index is 11.0. The highest BCUT2D eigenvalue weighted by Gasteiger charge is 2.20. The van der Waals surface area contributed by atoms with Gasteiger partial charge in [-0.2, -0.15) is 11.8 Å². The molecule has 0 aromatic carbocycles. The Balaban J connectivity index is 4.29. The fourth-order valence-corrected chi connectivity index (χ4v) is 2.26. The van der Waals surface area contributed by atoms with Gasteiger partial charge in [-0.25, -0.2) is 4.79 Å². The van der Waals surface area contributed by atoms with Gasteiger partial charge in [0.15, 0.2) is 0 Å². The fourth-order valence-electron chi connectivity index (χ4n) is 0.938. The van der Waals surface area contributed by atoms with Crippen LogP contribution in [0.5, 0.6) is 0 Å². The summed E-state index contributed by atoms with van der Waals surface area (Å²) in [5.41, 5.74) is 0.786. The number of oxime groups is 1. The molecule has 18 heavy (non-hydrogen) atoms. The summed E-state index contributed by atoms with van der Waals surface area (Å²) < 4.78 is 0. The Morgan fingerprint density at radius 3 is 2.44 bits per heavy atom. The van der Waals surface area contributed by atoms with Crippen LogP contribution in [0.25, 0.3) is 0 Å². The minimum Gasteiger partial charge on any atom is -0.323 e. The lowest BCUT2D eigenvalue weighted by Gasteiger charge is -2.20. The van der Waals surface area contributed by atoms with E-state index in [0.29, 0.717) is 0 Å². The van der Waals surface area contributed by atoms with E-state index in [9.17, 15) is 4.79 Å². The highest BCUT2D eigenvalue weighted by molar-refractivity contribution is 8.00. The Hall–Kier alpha value is -0.750. The van der Waals surface area contributed by atoms with Gasteiger partial charge in [0, 0.05) is 30.5 Å². The topological polar surface area (TPSA) is 53.9 Å². The van der Waals surface area contributed by atoms with Crippen LogP contribution in [0.15, 0.2) is 5.16 Å². The Labute approximate surface area is 114 Å². The van der Waals surface area contributed by atoms with E-state index in [1.54, 1.807) is 11.8 Å². The number of hydrogen-bond acceptors (Lipinski definition) is 5. The summed E-state index contributed by atoms with van der Waals surface area (Å²) >= 11 is 1.79. The van der Waals surface area contributed by atoms with Gasteiger partial charge >= 0.3 is 6.09 Å². The van der Waals surface area contributed by atoms with E-state index < -0.39 is 6.09 Å². The van der Waals surface area contributed by atoms with E-state index in [1.807, 2.05) is 14.1 Å². The summed E-state index contributed by atoms with van der Waals surface area (Å²) in [5, 5.41) is 6.32. The molecule has 0 aliphatic carbocycles. The summed E-state index contributed by atoms with van der Waals surface area (Å²) in [7, 11) is 5.61. The number of thioether (sulfide) groups is 1. The fraction of sp³-hybridized carbons (Fsp3) is 0.833. The number of nitrogens with zero attached hydrogens (tertiary/aromatic N) is 2. The van der Waals surface area contributed by atoms with Crippen molar-refractivity contribution < 1.29 is 9.63 Å². The quantitative estimate of drug-likeness (QED) is 0.349. The lowest BCUT2D eigenvalue weighted by atomic mass is 9.91. The van der Waals surface area contributed by atoms with Gasteiger partial charge < -0.3 is 10.2 Å². The summed E-state index contributed by atoms with van der Waals surface area (Å²) in [6.07, 6.45) is -0.532. The summed E-state index contributed by atoms with van der Waals surface area (Å²) in [6, 6.07) is 0. The van der Waals surface area contributed by atoms with Gasteiger partial charge in [0.05, 0.1) is 5.71 Å². The first-order valence-electron chi connectivity index (χ1n) is 5.96. The van der Waals surface area contributed by atoms with Crippen LogP contribution in [-0.4, -0.2) is 55.9 Å². The molecule has 106 valence electrons. The van der Waals surface area contributed by atoms with Gasteiger partial charge in [-0.1, -0.05) is 25.9 Å². The summed E-state index contributed by atoms with van der Waals surface area (Å²) in [4.78, 5) is 17.9. The van der Waals surface area contributed by atoms with Crippen molar-refractivity contribution in [1.29, 1.82) is 0 Å². The molecule has 0 saturated heterocycles. The zero-order chi connectivity index (χ0) is 14.2. The van der Waals surface area contributed by atoms with Crippen molar-refractivity contribution in [2.45, 2.75) is 20.8 Å². The number of hydrogen-bond donors (Lipinski definition) is 1.